The predicted octanol–water partition coefficient (Wildman–Crippen LogP) is 3.86. The van der Waals surface area contributed by atoms with E-state index in [2.05, 4.69) is 20.9 Å². The van der Waals surface area contributed by atoms with Gasteiger partial charge in [0.1, 0.15) is 11.3 Å². The van der Waals surface area contributed by atoms with Gasteiger partial charge in [0, 0.05) is 30.9 Å². The van der Waals surface area contributed by atoms with Gasteiger partial charge in [0.15, 0.2) is 5.76 Å². The number of halogens is 1. The number of Topliss-reactive ketones (excluding diaryl/α,β-unsaturated/α-hetero) is 1. The summed E-state index contributed by atoms with van der Waals surface area (Å²) in [5, 5.41) is 11.3. The number of aliphatic hydroxyl groups excluding tert-OH is 1. The van der Waals surface area contributed by atoms with Crippen molar-refractivity contribution in [1.29, 1.82) is 0 Å². The molecular formula is C23H22BrN3O4. The van der Waals surface area contributed by atoms with Crippen molar-refractivity contribution in [2.75, 3.05) is 20.3 Å². The Morgan fingerprint density at radius 3 is 2.65 bits per heavy atom. The van der Waals surface area contributed by atoms with Gasteiger partial charge in [-0.25, -0.2) is 4.98 Å². The fourth-order valence-corrected chi connectivity index (χ4v) is 4.27. The van der Waals surface area contributed by atoms with Crippen LogP contribution in [0.5, 0.6) is 0 Å². The van der Waals surface area contributed by atoms with Crippen molar-refractivity contribution in [1.82, 2.24) is 14.3 Å². The number of aromatic nitrogens is 2. The Morgan fingerprint density at radius 1 is 1.19 bits per heavy atom. The first kappa shape index (κ1) is 21.3. The molecule has 0 aliphatic carbocycles. The Balaban J connectivity index is 1.90. The monoisotopic (exact) mass is 483 g/mol. The number of aliphatic hydroxyl groups is 1. The number of methoxy groups -OCH3 is 1. The fraction of sp³-hybridized carbons (Fsp3) is 0.261. The van der Waals surface area contributed by atoms with Crippen LogP contribution in [0.3, 0.4) is 0 Å². The normalized spacial score (nSPS) is 18.3. The maximum absolute atomic E-state index is 13.1. The summed E-state index contributed by atoms with van der Waals surface area (Å²) in [6.45, 7) is 2.57. The molecule has 1 atom stereocenters. The minimum atomic E-state index is -0.701. The van der Waals surface area contributed by atoms with Crippen molar-refractivity contribution in [2.45, 2.75) is 19.4 Å². The third-order valence-electron chi connectivity index (χ3n) is 5.40. The van der Waals surface area contributed by atoms with Gasteiger partial charge in [-0.1, -0.05) is 34.1 Å². The number of pyridine rings is 1. The molecule has 1 aliphatic heterocycles. The molecule has 1 fully saturated rings. The molecule has 4 rings (SSSR count). The molecule has 1 saturated heterocycles. The summed E-state index contributed by atoms with van der Waals surface area (Å²) in [6, 6.07) is 12.2. The highest BCUT2D eigenvalue weighted by Crippen LogP contribution is 2.40. The molecule has 1 aromatic carbocycles. The van der Waals surface area contributed by atoms with Crippen LogP contribution < -0.4 is 0 Å². The summed E-state index contributed by atoms with van der Waals surface area (Å²) in [4.78, 5) is 32.0. The van der Waals surface area contributed by atoms with E-state index in [1.54, 1.807) is 24.6 Å². The van der Waals surface area contributed by atoms with Gasteiger partial charge in [-0.15, -0.1) is 0 Å². The lowest BCUT2D eigenvalue weighted by Crippen LogP contribution is -2.31. The SMILES string of the molecule is COCCCN1C(=O)C(=O)C(=C(O)c2c(C)nc3ccccn23)C1c1ccc(Br)cc1. The van der Waals surface area contributed by atoms with Crippen molar-refractivity contribution in [2.24, 2.45) is 0 Å². The van der Waals surface area contributed by atoms with Crippen molar-refractivity contribution >= 4 is 39.0 Å². The number of ketones is 1. The van der Waals surface area contributed by atoms with Crippen LogP contribution >= 0.6 is 15.9 Å². The molecule has 2 aromatic heterocycles. The van der Waals surface area contributed by atoms with Crippen molar-refractivity contribution in [3.05, 3.63) is 75.7 Å². The van der Waals surface area contributed by atoms with E-state index in [4.69, 9.17) is 4.74 Å². The van der Waals surface area contributed by atoms with Crippen LogP contribution in [0.15, 0.2) is 58.7 Å². The standard InChI is InChI=1S/C23H22BrN3O4/c1-14-19(26-11-4-3-6-17(26)25-14)21(28)18-20(15-7-9-16(24)10-8-15)27(12-5-13-31-2)23(30)22(18)29/h3-4,6-11,20,28H,5,12-13H2,1-2H3. The van der Waals surface area contributed by atoms with Gasteiger partial charge in [-0.05, 0) is 43.2 Å². The highest BCUT2D eigenvalue weighted by Gasteiger charge is 2.46. The van der Waals surface area contributed by atoms with Crippen molar-refractivity contribution < 1.29 is 19.4 Å². The van der Waals surface area contributed by atoms with Crippen molar-refractivity contribution in [3.63, 3.8) is 0 Å². The van der Waals surface area contributed by atoms with Crippen LogP contribution in [-0.4, -0.2) is 51.3 Å². The molecule has 0 saturated carbocycles. The number of nitrogens with zero attached hydrogens (tertiary/aromatic N) is 3. The molecule has 0 bridgehead atoms. The van der Waals surface area contributed by atoms with E-state index in [1.807, 2.05) is 42.5 Å². The summed E-state index contributed by atoms with van der Waals surface area (Å²) in [5.41, 5.74) is 2.44. The number of aryl methyl sites for hydroxylation is 1. The fourth-order valence-electron chi connectivity index (χ4n) is 4.01. The van der Waals surface area contributed by atoms with Gasteiger partial charge in [-0.3, -0.25) is 14.0 Å². The van der Waals surface area contributed by atoms with Gasteiger partial charge in [0.2, 0.25) is 0 Å². The zero-order chi connectivity index (χ0) is 22.1. The maximum Gasteiger partial charge on any atom is 0.295 e. The van der Waals surface area contributed by atoms with E-state index in [1.165, 1.54) is 4.90 Å². The minimum absolute atomic E-state index is 0.0680. The highest BCUT2D eigenvalue weighted by molar-refractivity contribution is 9.10. The Hall–Kier alpha value is -2.97. The molecule has 1 unspecified atom stereocenters. The topological polar surface area (TPSA) is 84.1 Å². The number of benzene rings is 1. The number of likely N-dealkylation sites (tertiary alicyclic amines) is 1. The number of ether oxygens (including phenoxy) is 1. The third-order valence-corrected chi connectivity index (χ3v) is 5.93. The lowest BCUT2D eigenvalue weighted by molar-refractivity contribution is -0.140. The van der Waals surface area contributed by atoms with Crippen LogP contribution in [0, 0.1) is 6.92 Å². The predicted molar refractivity (Wildman–Crippen MR) is 120 cm³/mol. The van der Waals surface area contributed by atoms with Crippen LogP contribution in [0.4, 0.5) is 0 Å². The largest absolute Gasteiger partial charge is 0.505 e. The Morgan fingerprint density at radius 2 is 1.94 bits per heavy atom. The Kier molecular flexibility index (Phi) is 5.93. The highest BCUT2D eigenvalue weighted by atomic mass is 79.9. The number of amides is 1. The molecule has 7 nitrogen and oxygen atoms in total. The molecule has 3 aromatic rings. The summed E-state index contributed by atoms with van der Waals surface area (Å²) in [6.07, 6.45) is 2.35. The first-order valence-corrected chi connectivity index (χ1v) is 10.7. The summed E-state index contributed by atoms with van der Waals surface area (Å²) >= 11 is 3.42. The summed E-state index contributed by atoms with van der Waals surface area (Å²) in [7, 11) is 1.59. The third kappa shape index (κ3) is 3.77. The number of hydrogen-bond acceptors (Lipinski definition) is 5. The molecule has 8 heteroatoms. The van der Waals surface area contributed by atoms with E-state index in [-0.39, 0.29) is 11.3 Å². The van der Waals surface area contributed by atoms with Gasteiger partial charge < -0.3 is 14.7 Å². The van der Waals surface area contributed by atoms with E-state index in [0.29, 0.717) is 36.6 Å². The van der Waals surface area contributed by atoms with Crippen LogP contribution in [0.1, 0.15) is 29.4 Å². The molecule has 1 N–H and O–H groups in total. The molecule has 1 aliphatic rings. The zero-order valence-electron chi connectivity index (χ0n) is 17.2. The van der Waals surface area contributed by atoms with Crippen LogP contribution in [0.25, 0.3) is 11.4 Å². The first-order valence-electron chi connectivity index (χ1n) is 9.91. The van der Waals surface area contributed by atoms with Gasteiger partial charge >= 0.3 is 0 Å². The molecule has 0 radical (unpaired) electrons. The van der Waals surface area contributed by atoms with Gasteiger partial charge in [0.05, 0.1) is 17.3 Å². The number of hydrogen-bond donors (Lipinski definition) is 1. The van der Waals surface area contributed by atoms with Gasteiger partial charge in [-0.2, -0.15) is 0 Å². The molecule has 31 heavy (non-hydrogen) atoms. The van der Waals surface area contributed by atoms with Crippen molar-refractivity contribution in [3.8, 4) is 0 Å². The van der Waals surface area contributed by atoms with Crippen LogP contribution in [0.2, 0.25) is 0 Å². The Bertz CT molecular complexity index is 1180. The number of fused-ring (bicyclic) bond motifs is 1. The second-order valence-electron chi connectivity index (χ2n) is 7.37. The summed E-state index contributed by atoms with van der Waals surface area (Å²) < 4.78 is 7.72. The van der Waals surface area contributed by atoms with Crippen LogP contribution in [-0.2, 0) is 14.3 Å². The van der Waals surface area contributed by atoms with Gasteiger partial charge in [0.25, 0.3) is 11.7 Å². The lowest BCUT2D eigenvalue weighted by Gasteiger charge is -2.25. The number of carbonyl (C=O) groups is 2. The zero-order valence-corrected chi connectivity index (χ0v) is 18.8. The minimum Gasteiger partial charge on any atom is -0.505 e. The second kappa shape index (κ2) is 8.64. The first-order chi connectivity index (χ1) is 14.9. The Labute approximate surface area is 188 Å². The average Bonchev–Trinajstić information content (AvgIpc) is 3.22. The lowest BCUT2D eigenvalue weighted by atomic mass is 9.96. The number of rotatable bonds is 6. The smallest absolute Gasteiger partial charge is 0.295 e. The van der Waals surface area contributed by atoms with E-state index >= 15 is 0 Å². The molecule has 0 spiro atoms. The molecule has 3 heterocycles. The second-order valence-corrected chi connectivity index (χ2v) is 8.28. The maximum atomic E-state index is 13.1. The quantitative estimate of drug-likeness (QED) is 0.249. The number of carbonyl (C=O) groups excluding carboxylic acids is 2. The summed E-state index contributed by atoms with van der Waals surface area (Å²) in [5.74, 6) is -1.55. The average molecular weight is 484 g/mol. The number of imidazole rings is 1. The molecular weight excluding hydrogens is 462 g/mol. The molecule has 1 amide bonds. The van der Waals surface area contributed by atoms with E-state index in [0.717, 1.165) is 10.0 Å². The molecule has 160 valence electrons. The van der Waals surface area contributed by atoms with E-state index in [9.17, 15) is 14.7 Å². The van der Waals surface area contributed by atoms with E-state index < -0.39 is 17.7 Å².